The zero-order chi connectivity index (χ0) is 14.7. The summed E-state index contributed by atoms with van der Waals surface area (Å²) in [7, 11) is 4.34. The number of hydrogen-bond acceptors (Lipinski definition) is 3. The molecule has 4 nitrogen and oxygen atoms in total. The van der Waals surface area contributed by atoms with Gasteiger partial charge >= 0.3 is 0 Å². The summed E-state index contributed by atoms with van der Waals surface area (Å²) in [6.45, 7) is 12.2. The molecule has 0 saturated carbocycles. The highest BCUT2D eigenvalue weighted by molar-refractivity contribution is 5.52. The molecule has 0 aliphatic carbocycles. The van der Waals surface area contributed by atoms with Crippen LogP contribution in [0.2, 0.25) is 0 Å². The lowest BCUT2D eigenvalue weighted by Gasteiger charge is -2.21. The second-order valence-electron chi connectivity index (χ2n) is 6.48. The first-order valence-corrected chi connectivity index (χ1v) is 7.80. The van der Waals surface area contributed by atoms with Gasteiger partial charge in [-0.2, -0.15) is 0 Å². The largest absolute Gasteiger partial charge is 0.357 e. The summed E-state index contributed by atoms with van der Waals surface area (Å²) in [5.74, 6) is 2.85. The molecule has 0 bridgehead atoms. The monoisotopic (exact) mass is 278 g/mol. The van der Waals surface area contributed by atoms with Crippen molar-refractivity contribution in [3.8, 4) is 0 Å². The van der Waals surface area contributed by atoms with Crippen LogP contribution >= 0.6 is 0 Å². The minimum Gasteiger partial charge on any atom is -0.357 e. The van der Waals surface area contributed by atoms with Gasteiger partial charge in [0.05, 0.1) is 0 Å². The number of aryl methyl sites for hydroxylation is 1. The van der Waals surface area contributed by atoms with Crippen LogP contribution in [0.4, 0.5) is 5.82 Å². The van der Waals surface area contributed by atoms with E-state index in [1.54, 1.807) is 0 Å². The van der Waals surface area contributed by atoms with Gasteiger partial charge in [0, 0.05) is 37.9 Å². The lowest BCUT2D eigenvalue weighted by Crippen LogP contribution is -2.27. The van der Waals surface area contributed by atoms with Crippen molar-refractivity contribution in [2.24, 2.45) is 11.8 Å². The fourth-order valence-corrected chi connectivity index (χ4v) is 3.22. The van der Waals surface area contributed by atoms with E-state index in [1.807, 2.05) is 0 Å². The molecule has 20 heavy (non-hydrogen) atoms. The van der Waals surface area contributed by atoms with Gasteiger partial charge in [-0.15, -0.1) is 0 Å². The summed E-state index contributed by atoms with van der Waals surface area (Å²) < 4.78 is 0. The Kier molecular flexibility index (Phi) is 5.11. The highest BCUT2D eigenvalue weighted by Gasteiger charge is 2.31. The molecule has 0 spiro atoms. The number of hydrogen-bond donors (Lipinski definition) is 2. The second kappa shape index (κ2) is 6.64. The number of aromatic amines is 1. The van der Waals surface area contributed by atoms with Gasteiger partial charge in [0.25, 0.3) is 0 Å². The molecule has 114 valence electrons. The molecule has 2 unspecified atom stereocenters. The maximum absolute atomic E-state index is 3.49. The zero-order valence-electron chi connectivity index (χ0n) is 13.7. The number of H-pyrrole nitrogens is 1. The van der Waals surface area contributed by atoms with Crippen molar-refractivity contribution in [1.29, 1.82) is 0 Å². The molecule has 2 atom stereocenters. The summed E-state index contributed by atoms with van der Waals surface area (Å²) in [5, 5.41) is 3.46. The van der Waals surface area contributed by atoms with Crippen LogP contribution in [0, 0.1) is 18.8 Å². The Bertz CT molecular complexity index is 424. The standard InChI is InChI=1S/C16H30N4/c1-6-17-8-15-12(2)7-18-16(15)20-9-13(3)14(11-20)10-19(4)5/h7,13-14,17-18H,6,8-11H2,1-5H3. The van der Waals surface area contributed by atoms with E-state index in [4.69, 9.17) is 0 Å². The number of aromatic nitrogens is 1. The zero-order valence-corrected chi connectivity index (χ0v) is 13.7. The summed E-state index contributed by atoms with van der Waals surface area (Å²) in [5.41, 5.74) is 2.80. The van der Waals surface area contributed by atoms with Crippen LogP contribution in [-0.2, 0) is 6.54 Å². The van der Waals surface area contributed by atoms with Gasteiger partial charge in [0.15, 0.2) is 0 Å². The summed E-state index contributed by atoms with van der Waals surface area (Å²) in [6, 6.07) is 0. The van der Waals surface area contributed by atoms with Crippen molar-refractivity contribution < 1.29 is 0 Å². The summed E-state index contributed by atoms with van der Waals surface area (Å²) in [6.07, 6.45) is 2.14. The predicted molar refractivity (Wildman–Crippen MR) is 86.3 cm³/mol. The maximum atomic E-state index is 3.49. The first kappa shape index (κ1) is 15.4. The molecule has 1 fully saturated rings. The maximum Gasteiger partial charge on any atom is 0.110 e. The highest BCUT2D eigenvalue weighted by atomic mass is 15.2. The lowest BCUT2D eigenvalue weighted by molar-refractivity contribution is 0.301. The Balaban J connectivity index is 2.09. The van der Waals surface area contributed by atoms with Gasteiger partial charge in [-0.05, 0) is 45.0 Å². The number of rotatable bonds is 6. The predicted octanol–water partition coefficient (Wildman–Crippen LogP) is 2.07. The third kappa shape index (κ3) is 3.36. The summed E-state index contributed by atoms with van der Waals surface area (Å²) >= 11 is 0. The summed E-state index contributed by atoms with van der Waals surface area (Å²) in [4.78, 5) is 8.34. The number of nitrogens with one attached hydrogen (secondary N) is 2. The van der Waals surface area contributed by atoms with Crippen LogP contribution in [0.1, 0.15) is 25.0 Å². The van der Waals surface area contributed by atoms with E-state index in [1.165, 1.54) is 30.0 Å². The molecule has 2 N–H and O–H groups in total. The molecule has 4 heteroatoms. The second-order valence-corrected chi connectivity index (χ2v) is 6.48. The van der Waals surface area contributed by atoms with E-state index >= 15 is 0 Å². The molecule has 0 radical (unpaired) electrons. The Morgan fingerprint density at radius 3 is 2.80 bits per heavy atom. The van der Waals surface area contributed by atoms with Crippen LogP contribution < -0.4 is 10.2 Å². The average molecular weight is 278 g/mol. The SMILES string of the molecule is CCNCc1c(C)c[nH]c1N1CC(C)C(CN(C)C)C1. The van der Waals surface area contributed by atoms with Gasteiger partial charge in [0.2, 0.25) is 0 Å². The molecule has 1 aromatic rings. The van der Waals surface area contributed by atoms with E-state index in [-0.39, 0.29) is 0 Å². The van der Waals surface area contributed by atoms with Crippen LogP contribution in [0.15, 0.2) is 6.20 Å². The first-order chi connectivity index (χ1) is 9.52. The quantitative estimate of drug-likeness (QED) is 0.836. The third-order valence-electron chi connectivity index (χ3n) is 4.42. The number of nitrogens with zero attached hydrogens (tertiary/aromatic N) is 2. The van der Waals surface area contributed by atoms with Crippen molar-refractivity contribution in [3.63, 3.8) is 0 Å². The normalized spacial score (nSPS) is 23.0. The van der Waals surface area contributed by atoms with E-state index in [0.717, 1.165) is 31.5 Å². The number of anilines is 1. The molecule has 0 aromatic carbocycles. The lowest BCUT2D eigenvalue weighted by atomic mass is 9.98. The molecule has 1 aliphatic heterocycles. The van der Waals surface area contributed by atoms with E-state index < -0.39 is 0 Å². The molecule has 1 saturated heterocycles. The molecular formula is C16H30N4. The topological polar surface area (TPSA) is 34.3 Å². The fourth-order valence-electron chi connectivity index (χ4n) is 3.22. The van der Waals surface area contributed by atoms with Crippen molar-refractivity contribution >= 4 is 5.82 Å². The van der Waals surface area contributed by atoms with Crippen molar-refractivity contribution in [2.45, 2.75) is 27.3 Å². The van der Waals surface area contributed by atoms with Crippen LogP contribution in [0.25, 0.3) is 0 Å². The Morgan fingerprint density at radius 2 is 2.15 bits per heavy atom. The third-order valence-corrected chi connectivity index (χ3v) is 4.42. The minimum absolute atomic E-state index is 0.757. The van der Waals surface area contributed by atoms with E-state index in [2.05, 4.69) is 61.2 Å². The van der Waals surface area contributed by atoms with Crippen molar-refractivity contribution in [1.82, 2.24) is 15.2 Å². The van der Waals surface area contributed by atoms with Crippen molar-refractivity contribution in [3.05, 3.63) is 17.3 Å². The van der Waals surface area contributed by atoms with Crippen molar-refractivity contribution in [2.75, 3.05) is 45.2 Å². The van der Waals surface area contributed by atoms with E-state index in [0.29, 0.717) is 0 Å². The molecular weight excluding hydrogens is 248 g/mol. The first-order valence-electron chi connectivity index (χ1n) is 7.80. The van der Waals surface area contributed by atoms with Gasteiger partial charge in [-0.3, -0.25) is 0 Å². The van der Waals surface area contributed by atoms with Crippen LogP contribution in [-0.4, -0.2) is 50.2 Å². The molecule has 1 aromatic heterocycles. The molecule has 1 aliphatic rings. The van der Waals surface area contributed by atoms with E-state index in [9.17, 15) is 0 Å². The van der Waals surface area contributed by atoms with Crippen LogP contribution in [0.5, 0.6) is 0 Å². The van der Waals surface area contributed by atoms with Gasteiger partial charge in [0.1, 0.15) is 5.82 Å². The highest BCUT2D eigenvalue weighted by Crippen LogP contribution is 2.31. The van der Waals surface area contributed by atoms with Gasteiger partial charge in [-0.25, -0.2) is 0 Å². The van der Waals surface area contributed by atoms with Gasteiger partial charge < -0.3 is 20.1 Å². The molecule has 0 amide bonds. The fraction of sp³-hybridized carbons (Fsp3) is 0.750. The Morgan fingerprint density at radius 1 is 1.40 bits per heavy atom. The average Bonchev–Trinajstić information content (AvgIpc) is 2.91. The Hall–Kier alpha value is -1.00. The molecule has 2 rings (SSSR count). The Labute approximate surface area is 123 Å². The smallest absolute Gasteiger partial charge is 0.110 e. The minimum atomic E-state index is 0.757. The van der Waals surface area contributed by atoms with Gasteiger partial charge in [-0.1, -0.05) is 13.8 Å². The van der Waals surface area contributed by atoms with Crippen LogP contribution in [0.3, 0.4) is 0 Å². The molecule has 2 heterocycles.